The highest BCUT2D eigenvalue weighted by Gasteiger charge is 2.88. The summed E-state index contributed by atoms with van der Waals surface area (Å²) in [5.74, 6) is 0. The highest BCUT2D eigenvalue weighted by atomic mass is 19.4. The predicted octanol–water partition coefficient (Wildman–Crippen LogP) is 6.89. The van der Waals surface area contributed by atoms with Gasteiger partial charge in [0.05, 0.1) is 0 Å². The smallest absolute Gasteiger partial charge is 0.285 e. The van der Waals surface area contributed by atoms with Crippen molar-refractivity contribution in [2.24, 2.45) is 0 Å². The summed E-state index contributed by atoms with van der Waals surface area (Å²) in [6.45, 7) is 2.61. The average Bonchev–Trinajstić information content (AvgIpc) is 2.99. The third kappa shape index (κ3) is 3.47. The molecule has 2 nitrogen and oxygen atoms in total. The lowest BCUT2D eigenvalue weighted by Gasteiger charge is -2.48. The van der Waals surface area contributed by atoms with E-state index < -0.39 is 76.0 Å². The van der Waals surface area contributed by atoms with Gasteiger partial charge in [0, 0.05) is 17.7 Å². The van der Waals surface area contributed by atoms with Crippen LogP contribution >= 0.6 is 0 Å². The fourth-order valence-corrected chi connectivity index (χ4v) is 4.49. The summed E-state index contributed by atoms with van der Waals surface area (Å²) in [7, 11) is 0. The summed E-state index contributed by atoms with van der Waals surface area (Å²) in [5.41, 5.74) is -14.1. The maximum absolute atomic E-state index is 13.9. The Morgan fingerprint density at radius 1 is 0.774 bits per heavy atom. The van der Waals surface area contributed by atoms with Crippen molar-refractivity contribution in [3.63, 3.8) is 0 Å². The van der Waals surface area contributed by atoms with E-state index in [0.717, 1.165) is 0 Å². The molecule has 0 bridgehead atoms. The summed E-state index contributed by atoms with van der Waals surface area (Å²) in [6, 6.07) is 0. The number of halogens is 12. The lowest BCUT2D eigenvalue weighted by molar-refractivity contribution is -0.380. The standard InChI is InChI=1S/C17H20F12N2/c1-4-5-6-7-10-8-12(14(18,19)20,15(21,22)23)31-11(2,3)9-13(30(10)31,16(24,25)26)17(27,28)29/h8H,4-7,9H2,1-3H3. The average molecular weight is 480 g/mol. The Labute approximate surface area is 169 Å². The Balaban J connectivity index is 2.93. The van der Waals surface area contributed by atoms with E-state index in [1.807, 2.05) is 0 Å². The first-order chi connectivity index (χ1) is 13.6. The molecule has 0 unspecified atom stereocenters. The van der Waals surface area contributed by atoms with E-state index in [1.165, 1.54) is 0 Å². The van der Waals surface area contributed by atoms with Crippen LogP contribution in [-0.2, 0) is 0 Å². The lowest BCUT2D eigenvalue weighted by Crippen LogP contribution is -2.72. The Kier molecular flexibility index (Phi) is 5.92. The van der Waals surface area contributed by atoms with E-state index in [2.05, 4.69) is 0 Å². The Bertz CT molecular complexity index is 683. The number of fused-ring (bicyclic) bond motifs is 1. The van der Waals surface area contributed by atoms with Gasteiger partial charge in [-0.15, -0.1) is 0 Å². The molecule has 1 saturated heterocycles. The van der Waals surface area contributed by atoms with Gasteiger partial charge in [0.15, 0.2) is 0 Å². The van der Waals surface area contributed by atoms with E-state index in [-0.39, 0.29) is 12.8 Å². The van der Waals surface area contributed by atoms with E-state index in [4.69, 9.17) is 0 Å². The second kappa shape index (κ2) is 7.08. The first-order valence-corrected chi connectivity index (χ1v) is 9.21. The van der Waals surface area contributed by atoms with Crippen LogP contribution in [0, 0.1) is 0 Å². The van der Waals surface area contributed by atoms with Gasteiger partial charge in [0.2, 0.25) is 5.54 Å². The van der Waals surface area contributed by atoms with Crippen LogP contribution in [0.2, 0.25) is 0 Å². The van der Waals surface area contributed by atoms with Crippen molar-refractivity contribution in [2.75, 3.05) is 0 Å². The fourth-order valence-electron chi connectivity index (χ4n) is 4.49. The molecule has 182 valence electrons. The van der Waals surface area contributed by atoms with Crippen LogP contribution in [0.5, 0.6) is 0 Å². The zero-order valence-electron chi connectivity index (χ0n) is 16.5. The molecule has 0 saturated carbocycles. The molecule has 0 aliphatic carbocycles. The number of nitrogens with zero attached hydrogens (tertiary/aromatic N) is 2. The fraction of sp³-hybridized carbons (Fsp3) is 0.882. The molecule has 2 heterocycles. The molecule has 0 spiro atoms. The Morgan fingerprint density at radius 3 is 1.58 bits per heavy atom. The van der Waals surface area contributed by atoms with E-state index >= 15 is 0 Å². The topological polar surface area (TPSA) is 6.48 Å². The van der Waals surface area contributed by atoms with Crippen molar-refractivity contribution in [3.8, 4) is 0 Å². The molecule has 0 amide bonds. The minimum Gasteiger partial charge on any atom is -0.285 e. The van der Waals surface area contributed by atoms with Crippen molar-refractivity contribution in [1.82, 2.24) is 10.0 Å². The van der Waals surface area contributed by atoms with Crippen LogP contribution < -0.4 is 0 Å². The maximum Gasteiger partial charge on any atom is 0.422 e. The molecule has 0 aromatic heterocycles. The van der Waals surface area contributed by atoms with Crippen molar-refractivity contribution in [2.45, 2.75) is 94.2 Å². The van der Waals surface area contributed by atoms with E-state index in [0.29, 0.717) is 20.3 Å². The van der Waals surface area contributed by atoms with Crippen LogP contribution in [0.25, 0.3) is 0 Å². The molecule has 2 aliphatic heterocycles. The number of rotatable bonds is 4. The number of hydrazine groups is 1. The van der Waals surface area contributed by atoms with Gasteiger partial charge in [-0.2, -0.15) is 57.7 Å². The predicted molar refractivity (Wildman–Crippen MR) is 84.3 cm³/mol. The number of hydrogen-bond donors (Lipinski definition) is 0. The van der Waals surface area contributed by atoms with Gasteiger partial charge in [-0.3, -0.25) is 5.01 Å². The zero-order chi connectivity index (χ0) is 24.5. The van der Waals surface area contributed by atoms with Crippen molar-refractivity contribution < 1.29 is 52.7 Å². The molecule has 0 atom stereocenters. The number of allylic oxidation sites excluding steroid dienone is 1. The van der Waals surface area contributed by atoms with Gasteiger partial charge in [-0.1, -0.05) is 19.8 Å². The quantitative estimate of drug-likeness (QED) is 0.319. The van der Waals surface area contributed by atoms with Gasteiger partial charge in [0.25, 0.3) is 5.54 Å². The van der Waals surface area contributed by atoms with Crippen molar-refractivity contribution >= 4 is 0 Å². The van der Waals surface area contributed by atoms with E-state index in [9.17, 15) is 52.7 Å². The van der Waals surface area contributed by atoms with Crippen LogP contribution in [0.15, 0.2) is 11.8 Å². The van der Waals surface area contributed by atoms with Crippen LogP contribution in [0.4, 0.5) is 52.7 Å². The first-order valence-electron chi connectivity index (χ1n) is 9.21. The minimum atomic E-state index is -6.25. The second-order valence-corrected chi connectivity index (χ2v) is 8.32. The third-order valence-corrected chi connectivity index (χ3v) is 5.64. The first kappa shape index (κ1) is 25.9. The van der Waals surface area contributed by atoms with Crippen molar-refractivity contribution in [3.05, 3.63) is 11.8 Å². The molecule has 0 aromatic rings. The highest BCUT2D eigenvalue weighted by Crippen LogP contribution is 2.66. The third-order valence-electron chi connectivity index (χ3n) is 5.64. The molecule has 31 heavy (non-hydrogen) atoms. The summed E-state index contributed by atoms with van der Waals surface area (Å²) >= 11 is 0. The lowest BCUT2D eigenvalue weighted by atomic mass is 9.82. The summed E-state index contributed by atoms with van der Waals surface area (Å²) in [5, 5.41) is -1.62. The molecule has 14 heteroatoms. The monoisotopic (exact) mass is 480 g/mol. The second-order valence-electron chi connectivity index (χ2n) is 8.32. The molecule has 2 aliphatic rings. The van der Waals surface area contributed by atoms with Gasteiger partial charge in [-0.05, 0) is 32.8 Å². The van der Waals surface area contributed by atoms with Gasteiger partial charge >= 0.3 is 24.7 Å². The largest absolute Gasteiger partial charge is 0.422 e. The van der Waals surface area contributed by atoms with Crippen LogP contribution in [-0.4, -0.2) is 51.3 Å². The van der Waals surface area contributed by atoms with E-state index in [1.54, 1.807) is 6.92 Å². The number of alkyl halides is 12. The molecule has 1 fully saturated rings. The SMILES string of the molecule is CCCCCC1=CC(C(F)(F)F)(C(F)(F)F)N2N1C(C(F)(F)F)(C(F)(F)F)CC2(C)C. The van der Waals surface area contributed by atoms with Gasteiger partial charge in [0.1, 0.15) is 0 Å². The number of unbranched alkanes of at least 4 members (excludes halogenated alkanes) is 2. The molecule has 0 aromatic carbocycles. The normalized spacial score (nSPS) is 23.8. The van der Waals surface area contributed by atoms with Gasteiger partial charge < -0.3 is 0 Å². The molecular weight excluding hydrogens is 460 g/mol. The maximum atomic E-state index is 13.9. The zero-order valence-corrected chi connectivity index (χ0v) is 16.5. The molecular formula is C17H20F12N2. The minimum absolute atomic E-state index is 0.185. The molecule has 0 N–H and O–H groups in total. The Morgan fingerprint density at radius 2 is 1.23 bits per heavy atom. The van der Waals surface area contributed by atoms with Crippen molar-refractivity contribution in [1.29, 1.82) is 0 Å². The molecule has 2 rings (SSSR count). The summed E-state index contributed by atoms with van der Waals surface area (Å²) in [6.07, 6.45) is -27.9. The van der Waals surface area contributed by atoms with Crippen LogP contribution in [0.1, 0.15) is 52.9 Å². The van der Waals surface area contributed by atoms with Gasteiger partial charge in [-0.25, -0.2) is 0 Å². The van der Waals surface area contributed by atoms with Crippen LogP contribution in [0.3, 0.4) is 0 Å². The molecule has 0 radical (unpaired) electrons. The highest BCUT2D eigenvalue weighted by molar-refractivity contribution is 5.35. The summed E-state index contributed by atoms with van der Waals surface area (Å²) in [4.78, 5) is 0. The summed E-state index contributed by atoms with van der Waals surface area (Å²) < 4.78 is 167. The number of hydrogen-bond acceptors (Lipinski definition) is 2. The Hall–Kier alpha value is -1.34.